The van der Waals surface area contributed by atoms with Crippen LogP contribution in [0.4, 0.5) is 0 Å². The second-order valence-corrected chi connectivity index (χ2v) is 4.04. The molecule has 12 heavy (non-hydrogen) atoms. The first kappa shape index (κ1) is 9.72. The lowest BCUT2D eigenvalue weighted by Gasteiger charge is -2.00. The molecular formula is C10H17NS. The maximum absolute atomic E-state index is 5.90. The van der Waals surface area contributed by atoms with Gasteiger partial charge in [-0.2, -0.15) is 0 Å². The second kappa shape index (κ2) is 5.31. The Morgan fingerprint density at radius 3 is 3.17 bits per heavy atom. The maximum Gasteiger partial charge on any atom is 0.0311 e. The highest BCUT2D eigenvalue weighted by Gasteiger charge is 2.06. The summed E-state index contributed by atoms with van der Waals surface area (Å²) in [7, 11) is 0. The summed E-state index contributed by atoms with van der Waals surface area (Å²) in [5.74, 6) is 1.21. The average Bonchev–Trinajstić information content (AvgIpc) is 2.56. The van der Waals surface area contributed by atoms with Gasteiger partial charge in [0.1, 0.15) is 0 Å². The molecule has 0 fully saturated rings. The van der Waals surface area contributed by atoms with Crippen molar-refractivity contribution >= 4 is 11.8 Å². The summed E-state index contributed by atoms with van der Waals surface area (Å²) in [4.78, 5) is 0. The molecule has 0 spiro atoms. The van der Waals surface area contributed by atoms with Crippen molar-refractivity contribution in [2.24, 2.45) is 5.73 Å². The Labute approximate surface area is 79.1 Å². The third-order valence-electron chi connectivity index (χ3n) is 2.01. The van der Waals surface area contributed by atoms with Crippen molar-refractivity contribution in [3.05, 3.63) is 22.8 Å². The third kappa shape index (κ3) is 2.94. The largest absolute Gasteiger partial charge is 0.399 e. The van der Waals surface area contributed by atoms with E-state index in [1.54, 1.807) is 0 Å². The molecule has 1 heterocycles. The van der Waals surface area contributed by atoms with Crippen LogP contribution in [0.25, 0.3) is 0 Å². The van der Waals surface area contributed by atoms with Crippen LogP contribution in [0, 0.1) is 0 Å². The summed E-state index contributed by atoms with van der Waals surface area (Å²) in [6, 6.07) is 0. The Morgan fingerprint density at radius 1 is 1.75 bits per heavy atom. The molecule has 0 saturated heterocycles. The molecular weight excluding hydrogens is 166 g/mol. The highest BCUT2D eigenvalue weighted by molar-refractivity contribution is 8.02. The quantitative estimate of drug-likeness (QED) is 0.678. The molecule has 0 bridgehead atoms. The fourth-order valence-electron chi connectivity index (χ4n) is 1.19. The van der Waals surface area contributed by atoms with Crippen LogP contribution in [0.3, 0.4) is 0 Å². The lowest BCUT2D eigenvalue weighted by atomic mass is 10.1. The van der Waals surface area contributed by atoms with Gasteiger partial charge in [0.2, 0.25) is 0 Å². The SMILES string of the molecule is CCCC/C=C(/N)C1=CSCC1. The van der Waals surface area contributed by atoms with Crippen LogP contribution in [0.5, 0.6) is 0 Å². The lowest BCUT2D eigenvalue weighted by Crippen LogP contribution is -1.99. The Hall–Kier alpha value is -0.370. The van der Waals surface area contributed by atoms with E-state index in [0.29, 0.717) is 0 Å². The van der Waals surface area contributed by atoms with Crippen molar-refractivity contribution < 1.29 is 0 Å². The van der Waals surface area contributed by atoms with E-state index in [1.165, 1.54) is 24.2 Å². The van der Waals surface area contributed by atoms with Gasteiger partial charge in [0.25, 0.3) is 0 Å². The Bertz CT molecular complexity index is 194. The summed E-state index contributed by atoms with van der Waals surface area (Å²) in [6.07, 6.45) is 6.95. The van der Waals surface area contributed by atoms with Crippen molar-refractivity contribution in [1.82, 2.24) is 0 Å². The van der Waals surface area contributed by atoms with E-state index in [-0.39, 0.29) is 0 Å². The number of rotatable bonds is 4. The highest BCUT2D eigenvalue weighted by atomic mass is 32.2. The topological polar surface area (TPSA) is 26.0 Å². The number of thioether (sulfide) groups is 1. The van der Waals surface area contributed by atoms with Crippen molar-refractivity contribution in [3.63, 3.8) is 0 Å². The van der Waals surface area contributed by atoms with E-state index in [9.17, 15) is 0 Å². The van der Waals surface area contributed by atoms with E-state index in [2.05, 4.69) is 18.4 Å². The zero-order valence-electron chi connectivity index (χ0n) is 7.68. The van der Waals surface area contributed by atoms with Crippen LogP contribution >= 0.6 is 11.8 Å². The third-order valence-corrected chi connectivity index (χ3v) is 2.90. The molecule has 0 aromatic carbocycles. The maximum atomic E-state index is 5.90. The van der Waals surface area contributed by atoms with Gasteiger partial charge in [-0.15, -0.1) is 11.8 Å². The van der Waals surface area contributed by atoms with Gasteiger partial charge in [-0.3, -0.25) is 0 Å². The Morgan fingerprint density at radius 2 is 2.58 bits per heavy atom. The van der Waals surface area contributed by atoms with Crippen LogP contribution in [-0.4, -0.2) is 5.75 Å². The van der Waals surface area contributed by atoms with Gasteiger partial charge >= 0.3 is 0 Å². The van der Waals surface area contributed by atoms with Gasteiger partial charge in [-0.25, -0.2) is 0 Å². The van der Waals surface area contributed by atoms with Gasteiger partial charge in [-0.05, 0) is 23.8 Å². The predicted octanol–water partition coefficient (Wildman–Crippen LogP) is 3.04. The molecule has 0 saturated carbocycles. The van der Waals surface area contributed by atoms with E-state index in [4.69, 9.17) is 5.73 Å². The summed E-state index contributed by atoms with van der Waals surface area (Å²) < 4.78 is 0. The number of unbranched alkanes of at least 4 members (excludes halogenated alkanes) is 2. The van der Waals surface area contributed by atoms with Crippen LogP contribution in [0.15, 0.2) is 22.8 Å². The molecule has 1 nitrogen and oxygen atoms in total. The Balaban J connectivity index is 2.34. The molecule has 68 valence electrons. The van der Waals surface area contributed by atoms with Crippen LogP contribution < -0.4 is 5.73 Å². The standard InChI is InChI=1S/C10H17NS/c1-2-3-4-5-10(11)9-6-7-12-8-9/h5,8H,2-4,6-7,11H2,1H3/b10-5+. The first-order valence-corrected chi connectivity index (χ1v) is 5.66. The van der Waals surface area contributed by atoms with E-state index >= 15 is 0 Å². The van der Waals surface area contributed by atoms with Crippen molar-refractivity contribution in [1.29, 1.82) is 0 Å². The Kier molecular flexibility index (Phi) is 4.30. The van der Waals surface area contributed by atoms with Crippen molar-refractivity contribution in [3.8, 4) is 0 Å². The van der Waals surface area contributed by atoms with E-state index in [1.807, 2.05) is 11.8 Å². The molecule has 0 atom stereocenters. The van der Waals surface area contributed by atoms with Crippen molar-refractivity contribution in [2.45, 2.75) is 32.6 Å². The number of nitrogens with two attached hydrogens (primary N) is 1. The molecule has 0 aliphatic carbocycles. The van der Waals surface area contributed by atoms with E-state index in [0.717, 1.165) is 18.5 Å². The molecule has 0 unspecified atom stereocenters. The van der Waals surface area contributed by atoms with Gasteiger partial charge in [0, 0.05) is 11.4 Å². The van der Waals surface area contributed by atoms with Gasteiger partial charge < -0.3 is 5.73 Å². The zero-order valence-corrected chi connectivity index (χ0v) is 8.49. The van der Waals surface area contributed by atoms with Crippen molar-refractivity contribution in [2.75, 3.05) is 5.75 Å². The molecule has 0 aromatic rings. The molecule has 1 rings (SSSR count). The normalized spacial score (nSPS) is 18.1. The monoisotopic (exact) mass is 183 g/mol. The highest BCUT2D eigenvalue weighted by Crippen LogP contribution is 2.25. The average molecular weight is 183 g/mol. The molecule has 0 radical (unpaired) electrons. The molecule has 0 aromatic heterocycles. The molecule has 1 aliphatic rings. The molecule has 2 N–H and O–H groups in total. The minimum Gasteiger partial charge on any atom is -0.399 e. The summed E-state index contributed by atoms with van der Waals surface area (Å²) in [5.41, 5.74) is 8.25. The van der Waals surface area contributed by atoms with Crippen LogP contribution in [-0.2, 0) is 0 Å². The fourth-order valence-corrected chi connectivity index (χ4v) is 2.10. The fraction of sp³-hybridized carbons (Fsp3) is 0.600. The van der Waals surface area contributed by atoms with Gasteiger partial charge in [0.05, 0.1) is 0 Å². The number of hydrogen-bond acceptors (Lipinski definition) is 2. The van der Waals surface area contributed by atoms with Gasteiger partial charge in [-0.1, -0.05) is 25.8 Å². The van der Waals surface area contributed by atoms with Gasteiger partial charge in [0.15, 0.2) is 0 Å². The van der Waals surface area contributed by atoms with E-state index < -0.39 is 0 Å². The summed E-state index contributed by atoms with van der Waals surface area (Å²) >= 11 is 1.87. The van der Waals surface area contributed by atoms with Crippen LogP contribution in [0.1, 0.15) is 32.6 Å². The molecule has 2 heteroatoms. The summed E-state index contributed by atoms with van der Waals surface area (Å²) in [6.45, 7) is 2.20. The number of hydrogen-bond donors (Lipinski definition) is 1. The smallest absolute Gasteiger partial charge is 0.0311 e. The second-order valence-electron chi connectivity index (χ2n) is 3.07. The molecule has 1 aliphatic heterocycles. The minimum atomic E-state index is 1.01. The minimum absolute atomic E-state index is 1.01. The first-order chi connectivity index (χ1) is 5.84. The summed E-state index contributed by atoms with van der Waals surface area (Å²) in [5, 5.41) is 2.19. The number of allylic oxidation sites excluding steroid dienone is 2. The zero-order chi connectivity index (χ0) is 8.81. The molecule has 0 amide bonds. The predicted molar refractivity (Wildman–Crippen MR) is 57.0 cm³/mol. The van der Waals surface area contributed by atoms with Crippen LogP contribution in [0.2, 0.25) is 0 Å². The lowest BCUT2D eigenvalue weighted by molar-refractivity contribution is 0.810. The first-order valence-electron chi connectivity index (χ1n) is 4.61.